The van der Waals surface area contributed by atoms with E-state index in [1.807, 2.05) is 0 Å². The number of H-pyrrole nitrogens is 1. The zero-order chi connectivity index (χ0) is 18.7. The van der Waals surface area contributed by atoms with Gasteiger partial charge in [0.05, 0.1) is 30.3 Å². The number of Topliss-reactive ketones (excluding diaryl/α,β-unsaturated/α-hetero) is 1. The maximum atomic E-state index is 12.6. The lowest BCUT2D eigenvalue weighted by Gasteiger charge is -2.11. The highest BCUT2D eigenvalue weighted by molar-refractivity contribution is 6.04. The summed E-state index contributed by atoms with van der Waals surface area (Å²) >= 11 is 0. The van der Waals surface area contributed by atoms with E-state index in [1.165, 1.54) is 26.4 Å². The first-order valence-electron chi connectivity index (χ1n) is 7.57. The molecule has 132 valence electrons. The first kappa shape index (κ1) is 18.3. The van der Waals surface area contributed by atoms with E-state index in [4.69, 9.17) is 9.47 Å². The Labute approximate surface area is 144 Å². The molecule has 0 spiro atoms. The number of hydrogen-bond donors (Lipinski definition) is 1. The smallest absolute Gasteiger partial charge is 0.359 e. The van der Waals surface area contributed by atoms with Gasteiger partial charge in [0, 0.05) is 11.9 Å². The molecule has 0 fully saturated rings. The number of carbonyl (C=O) groups is 3. The molecule has 0 saturated heterocycles. The van der Waals surface area contributed by atoms with E-state index in [2.05, 4.69) is 15.0 Å². The summed E-state index contributed by atoms with van der Waals surface area (Å²) in [6.45, 7) is 6.48. The minimum absolute atomic E-state index is 0.0138. The van der Waals surface area contributed by atoms with Crippen molar-refractivity contribution in [1.29, 1.82) is 0 Å². The van der Waals surface area contributed by atoms with Gasteiger partial charge in [0.15, 0.2) is 11.8 Å². The van der Waals surface area contributed by atoms with Crippen molar-refractivity contribution in [3.63, 3.8) is 0 Å². The van der Waals surface area contributed by atoms with Crippen LogP contribution in [0.4, 0.5) is 0 Å². The second-order valence-corrected chi connectivity index (χ2v) is 5.57. The zero-order valence-electron chi connectivity index (χ0n) is 14.7. The molecule has 2 aromatic heterocycles. The average molecular weight is 345 g/mol. The third-order valence-corrected chi connectivity index (χ3v) is 3.72. The number of nitrogens with one attached hydrogen (secondary N) is 1. The third-order valence-electron chi connectivity index (χ3n) is 3.72. The third kappa shape index (κ3) is 3.73. The lowest BCUT2D eigenvalue weighted by Crippen LogP contribution is -2.26. The number of aromatic amines is 1. The Bertz CT molecular complexity index is 824. The van der Waals surface area contributed by atoms with Gasteiger partial charge in [-0.2, -0.15) is 0 Å². The second kappa shape index (κ2) is 7.25. The van der Waals surface area contributed by atoms with Crippen LogP contribution in [-0.2, 0) is 9.47 Å². The molecule has 2 aromatic rings. The molecule has 8 heteroatoms. The second-order valence-electron chi connectivity index (χ2n) is 5.57. The summed E-state index contributed by atoms with van der Waals surface area (Å²) in [6.07, 6.45) is 1.66. The fraction of sp³-hybridized carbons (Fsp3) is 0.353. The number of carbonyl (C=O) groups excluding carboxylic acids is 3. The van der Waals surface area contributed by atoms with Crippen LogP contribution < -0.4 is 0 Å². The van der Waals surface area contributed by atoms with Crippen LogP contribution in [-0.4, -0.2) is 45.9 Å². The molecule has 0 aliphatic rings. The molecular weight excluding hydrogens is 326 g/mol. The van der Waals surface area contributed by atoms with Crippen molar-refractivity contribution in [2.45, 2.75) is 33.8 Å². The normalized spacial score (nSPS) is 11.7. The number of aryl methyl sites for hydroxylation is 2. The zero-order valence-corrected chi connectivity index (χ0v) is 14.7. The van der Waals surface area contributed by atoms with Crippen LogP contribution in [0, 0.1) is 20.8 Å². The van der Waals surface area contributed by atoms with Crippen molar-refractivity contribution in [1.82, 2.24) is 15.0 Å². The topological polar surface area (TPSA) is 111 Å². The summed E-state index contributed by atoms with van der Waals surface area (Å²) in [6, 6.07) is 0. The van der Waals surface area contributed by atoms with E-state index in [-0.39, 0.29) is 11.4 Å². The molecule has 8 nitrogen and oxygen atoms in total. The Morgan fingerprint density at radius 3 is 2.32 bits per heavy atom. The lowest BCUT2D eigenvalue weighted by atomic mass is 10.1. The molecule has 0 unspecified atom stereocenters. The SMILES string of the molecule is COC(=O)c1c(C)[nH]c(C(=O)[C@H](C)OC(=O)c2cnc(C)cn2)c1C. The highest BCUT2D eigenvalue weighted by Gasteiger charge is 2.27. The maximum Gasteiger partial charge on any atom is 0.359 e. The predicted octanol–water partition coefficient (Wildman–Crippen LogP) is 1.94. The summed E-state index contributed by atoms with van der Waals surface area (Å²) in [5.41, 5.74) is 2.14. The van der Waals surface area contributed by atoms with Gasteiger partial charge in [-0.1, -0.05) is 0 Å². The van der Waals surface area contributed by atoms with Crippen molar-refractivity contribution in [2.75, 3.05) is 7.11 Å². The number of methoxy groups -OCH3 is 1. The van der Waals surface area contributed by atoms with Crippen LogP contribution in [0.2, 0.25) is 0 Å². The van der Waals surface area contributed by atoms with Crippen LogP contribution in [0.1, 0.15) is 55.2 Å². The number of ketones is 1. The van der Waals surface area contributed by atoms with Crippen LogP contribution in [0.15, 0.2) is 12.4 Å². The number of hydrogen-bond acceptors (Lipinski definition) is 7. The van der Waals surface area contributed by atoms with Gasteiger partial charge >= 0.3 is 11.9 Å². The minimum atomic E-state index is -1.06. The van der Waals surface area contributed by atoms with Gasteiger partial charge in [0.2, 0.25) is 5.78 Å². The summed E-state index contributed by atoms with van der Waals surface area (Å²) in [5.74, 6) is -1.74. The predicted molar refractivity (Wildman–Crippen MR) is 87.6 cm³/mol. The van der Waals surface area contributed by atoms with Crippen LogP contribution in [0.5, 0.6) is 0 Å². The van der Waals surface area contributed by atoms with Gasteiger partial charge in [0.1, 0.15) is 0 Å². The number of aromatic nitrogens is 3. The van der Waals surface area contributed by atoms with Crippen LogP contribution in [0.25, 0.3) is 0 Å². The Morgan fingerprint density at radius 1 is 1.08 bits per heavy atom. The van der Waals surface area contributed by atoms with Gasteiger partial charge in [-0.3, -0.25) is 9.78 Å². The van der Waals surface area contributed by atoms with Crippen molar-refractivity contribution < 1.29 is 23.9 Å². The molecular formula is C17H19N3O5. The quantitative estimate of drug-likeness (QED) is 0.651. The minimum Gasteiger partial charge on any atom is -0.465 e. The molecule has 0 bridgehead atoms. The van der Waals surface area contributed by atoms with Crippen molar-refractivity contribution in [2.24, 2.45) is 0 Å². The van der Waals surface area contributed by atoms with Crippen LogP contribution in [0.3, 0.4) is 0 Å². The molecule has 1 atom stereocenters. The molecule has 25 heavy (non-hydrogen) atoms. The van der Waals surface area contributed by atoms with E-state index in [0.29, 0.717) is 22.5 Å². The fourth-order valence-electron chi connectivity index (χ4n) is 2.38. The van der Waals surface area contributed by atoms with Crippen molar-refractivity contribution >= 4 is 17.7 Å². The van der Waals surface area contributed by atoms with Gasteiger partial charge in [0.25, 0.3) is 0 Å². The van der Waals surface area contributed by atoms with E-state index >= 15 is 0 Å². The molecule has 0 radical (unpaired) electrons. The Morgan fingerprint density at radius 2 is 1.76 bits per heavy atom. The first-order valence-corrected chi connectivity index (χ1v) is 7.57. The van der Waals surface area contributed by atoms with Gasteiger partial charge in [-0.15, -0.1) is 0 Å². The summed E-state index contributed by atoms with van der Waals surface area (Å²) in [4.78, 5) is 47.2. The fourth-order valence-corrected chi connectivity index (χ4v) is 2.38. The largest absolute Gasteiger partial charge is 0.465 e. The molecule has 0 saturated carbocycles. The number of ether oxygens (including phenoxy) is 2. The summed E-state index contributed by atoms with van der Waals surface area (Å²) in [5, 5.41) is 0. The highest BCUT2D eigenvalue weighted by Crippen LogP contribution is 2.21. The maximum absolute atomic E-state index is 12.6. The lowest BCUT2D eigenvalue weighted by molar-refractivity contribution is 0.0310. The Hall–Kier alpha value is -3.03. The van der Waals surface area contributed by atoms with Gasteiger partial charge in [-0.05, 0) is 33.3 Å². The molecule has 2 heterocycles. The number of rotatable bonds is 5. The number of nitrogens with zero attached hydrogens (tertiary/aromatic N) is 2. The highest BCUT2D eigenvalue weighted by atomic mass is 16.5. The van der Waals surface area contributed by atoms with Crippen molar-refractivity contribution in [3.8, 4) is 0 Å². The van der Waals surface area contributed by atoms with E-state index in [9.17, 15) is 14.4 Å². The summed E-state index contributed by atoms with van der Waals surface area (Å²) < 4.78 is 9.87. The number of esters is 2. The molecule has 0 aliphatic carbocycles. The molecule has 0 aliphatic heterocycles. The molecule has 0 aromatic carbocycles. The van der Waals surface area contributed by atoms with Gasteiger partial charge < -0.3 is 14.5 Å². The Kier molecular flexibility index (Phi) is 5.31. The first-order chi connectivity index (χ1) is 11.8. The summed E-state index contributed by atoms with van der Waals surface area (Å²) in [7, 11) is 1.27. The average Bonchev–Trinajstić information content (AvgIpc) is 2.88. The van der Waals surface area contributed by atoms with E-state index in [1.54, 1.807) is 20.8 Å². The van der Waals surface area contributed by atoms with E-state index in [0.717, 1.165) is 0 Å². The molecule has 0 amide bonds. The molecule has 1 N–H and O–H groups in total. The molecule has 2 rings (SSSR count). The van der Waals surface area contributed by atoms with E-state index < -0.39 is 23.8 Å². The monoisotopic (exact) mass is 345 g/mol. The van der Waals surface area contributed by atoms with Crippen molar-refractivity contribution in [3.05, 3.63) is 46.3 Å². The van der Waals surface area contributed by atoms with Gasteiger partial charge in [-0.25, -0.2) is 14.6 Å². The Balaban J connectivity index is 2.19. The van der Waals surface area contributed by atoms with Crippen LogP contribution >= 0.6 is 0 Å². The standard InChI is InChI=1S/C17H19N3O5/c1-8-6-19-12(7-18-8)16(22)25-11(4)15(21)14-9(2)13(10(3)20-14)17(23)24-5/h6-7,11,20H,1-5H3/t11-/m0/s1.